The van der Waals surface area contributed by atoms with Crippen molar-refractivity contribution in [1.29, 1.82) is 0 Å². The summed E-state index contributed by atoms with van der Waals surface area (Å²) in [5, 5.41) is 2.93. The molecule has 1 aliphatic carbocycles. The van der Waals surface area contributed by atoms with Crippen molar-refractivity contribution in [2.24, 2.45) is 5.92 Å². The Labute approximate surface area is 128 Å². The van der Waals surface area contributed by atoms with Gasteiger partial charge in [0.15, 0.2) is 4.67 Å². The van der Waals surface area contributed by atoms with Gasteiger partial charge in [0.2, 0.25) is 10.0 Å². The molecule has 1 aromatic rings. The fourth-order valence-electron chi connectivity index (χ4n) is 2.18. The van der Waals surface area contributed by atoms with Crippen LogP contribution in [0.1, 0.15) is 38.4 Å². The summed E-state index contributed by atoms with van der Waals surface area (Å²) in [4.78, 5) is 0.178. The lowest BCUT2D eigenvalue weighted by molar-refractivity contribution is 0.467. The number of halogens is 1. The van der Waals surface area contributed by atoms with E-state index in [0.717, 1.165) is 12.8 Å². The molecule has 1 atom stereocenters. The molecule has 1 aliphatic rings. The average Bonchev–Trinajstić information content (AvgIpc) is 3.11. The number of rotatable bonds is 8. The topological polar surface area (TPSA) is 71.3 Å². The Morgan fingerprint density at radius 1 is 1.50 bits per heavy atom. The van der Waals surface area contributed by atoms with Crippen molar-refractivity contribution in [3.63, 3.8) is 0 Å². The molecule has 0 spiro atoms. The Kier molecular flexibility index (Phi) is 5.28. The van der Waals surface area contributed by atoms with Gasteiger partial charge in [0.25, 0.3) is 0 Å². The lowest BCUT2D eigenvalue weighted by atomic mass is 10.1. The quantitative estimate of drug-likeness (QED) is 0.743. The molecule has 0 aliphatic heterocycles. The van der Waals surface area contributed by atoms with E-state index in [9.17, 15) is 8.42 Å². The van der Waals surface area contributed by atoms with Crippen LogP contribution in [-0.2, 0) is 16.6 Å². The summed E-state index contributed by atoms with van der Waals surface area (Å²) in [6, 6.07) is 1.56. The summed E-state index contributed by atoms with van der Waals surface area (Å²) in [7, 11) is -1.75. The van der Waals surface area contributed by atoms with Crippen LogP contribution in [0, 0.1) is 5.92 Å². The van der Waals surface area contributed by atoms with E-state index in [1.807, 2.05) is 6.92 Å². The first-order valence-electron chi connectivity index (χ1n) is 6.91. The van der Waals surface area contributed by atoms with E-state index >= 15 is 0 Å². The summed E-state index contributed by atoms with van der Waals surface area (Å²) >= 11 is 3.18. The minimum Gasteiger partial charge on any atom is -0.452 e. The van der Waals surface area contributed by atoms with E-state index in [0.29, 0.717) is 18.2 Å². The first kappa shape index (κ1) is 16.0. The van der Waals surface area contributed by atoms with E-state index in [1.54, 1.807) is 13.1 Å². The summed E-state index contributed by atoms with van der Waals surface area (Å²) in [5.41, 5.74) is 0. The van der Waals surface area contributed by atoms with Crippen molar-refractivity contribution in [3.05, 3.63) is 16.5 Å². The fourth-order valence-corrected chi connectivity index (χ4v) is 4.51. The van der Waals surface area contributed by atoms with Gasteiger partial charge in [-0.05, 0) is 41.7 Å². The monoisotopic (exact) mass is 364 g/mol. The van der Waals surface area contributed by atoms with Crippen LogP contribution in [0.5, 0.6) is 0 Å². The SMILES string of the molecule is CCC(CC1CC1)NS(=O)(=O)c1cc(CNC)oc1Br. The molecule has 0 aromatic carbocycles. The van der Waals surface area contributed by atoms with E-state index in [-0.39, 0.29) is 15.6 Å². The Balaban J connectivity index is 2.11. The zero-order valence-corrected chi connectivity index (χ0v) is 14.2. The molecule has 0 saturated heterocycles. The van der Waals surface area contributed by atoms with Gasteiger partial charge in [0.1, 0.15) is 10.7 Å². The van der Waals surface area contributed by atoms with Crippen LogP contribution in [0.2, 0.25) is 0 Å². The highest BCUT2D eigenvalue weighted by molar-refractivity contribution is 9.10. The van der Waals surface area contributed by atoms with Gasteiger partial charge in [0, 0.05) is 12.1 Å². The second-order valence-corrected chi connectivity index (χ2v) is 7.69. The lowest BCUT2D eigenvalue weighted by Gasteiger charge is -2.16. The highest BCUT2D eigenvalue weighted by Crippen LogP contribution is 2.34. The highest BCUT2D eigenvalue weighted by Gasteiger charge is 2.29. The molecule has 0 radical (unpaired) electrons. The molecular weight excluding hydrogens is 344 g/mol. The molecule has 1 saturated carbocycles. The van der Waals surface area contributed by atoms with E-state index in [2.05, 4.69) is 26.0 Å². The van der Waals surface area contributed by atoms with Gasteiger partial charge in [-0.15, -0.1) is 0 Å². The maximum atomic E-state index is 12.4. The van der Waals surface area contributed by atoms with E-state index < -0.39 is 10.0 Å². The van der Waals surface area contributed by atoms with Crippen molar-refractivity contribution >= 4 is 26.0 Å². The zero-order chi connectivity index (χ0) is 14.8. The van der Waals surface area contributed by atoms with Crippen molar-refractivity contribution in [1.82, 2.24) is 10.0 Å². The lowest BCUT2D eigenvalue weighted by Crippen LogP contribution is -2.34. The largest absolute Gasteiger partial charge is 0.452 e. The Bertz CT molecular complexity index is 552. The molecule has 1 unspecified atom stereocenters. The van der Waals surface area contributed by atoms with Gasteiger partial charge in [-0.3, -0.25) is 0 Å². The Morgan fingerprint density at radius 3 is 2.75 bits per heavy atom. The van der Waals surface area contributed by atoms with Crippen LogP contribution in [0.3, 0.4) is 0 Å². The van der Waals surface area contributed by atoms with Crippen molar-refractivity contribution in [2.45, 2.75) is 50.1 Å². The third-order valence-corrected chi connectivity index (χ3v) is 5.85. The number of furan rings is 1. The number of nitrogens with one attached hydrogen (secondary N) is 2. The standard InChI is InChI=1S/C13H21BrN2O3S/c1-3-10(6-9-4-5-9)16-20(17,18)12-7-11(8-15-2)19-13(12)14/h7,9-10,15-16H,3-6,8H2,1-2H3. The second kappa shape index (κ2) is 6.60. The van der Waals surface area contributed by atoms with E-state index in [1.165, 1.54) is 12.8 Å². The first-order chi connectivity index (χ1) is 9.46. The molecular formula is C13H21BrN2O3S. The van der Waals surface area contributed by atoms with Gasteiger partial charge < -0.3 is 9.73 Å². The summed E-state index contributed by atoms with van der Waals surface area (Å²) in [6.07, 6.45) is 4.17. The molecule has 1 fully saturated rings. The summed E-state index contributed by atoms with van der Waals surface area (Å²) in [6.45, 7) is 2.50. The van der Waals surface area contributed by atoms with E-state index in [4.69, 9.17) is 4.42 Å². The Hall–Kier alpha value is -0.370. The van der Waals surface area contributed by atoms with Gasteiger partial charge >= 0.3 is 0 Å². The van der Waals surface area contributed by atoms with Crippen LogP contribution in [0.4, 0.5) is 0 Å². The highest BCUT2D eigenvalue weighted by atomic mass is 79.9. The molecule has 2 rings (SSSR count). The maximum Gasteiger partial charge on any atom is 0.245 e. The molecule has 114 valence electrons. The minimum absolute atomic E-state index is 0.00190. The van der Waals surface area contributed by atoms with Crippen molar-refractivity contribution in [2.75, 3.05) is 7.05 Å². The molecule has 2 N–H and O–H groups in total. The van der Waals surface area contributed by atoms with Gasteiger partial charge in [-0.25, -0.2) is 13.1 Å². The molecule has 0 bridgehead atoms. The van der Waals surface area contributed by atoms with Crippen LogP contribution in [0.15, 0.2) is 20.0 Å². The van der Waals surface area contributed by atoms with Crippen LogP contribution < -0.4 is 10.0 Å². The summed E-state index contributed by atoms with van der Waals surface area (Å²) in [5.74, 6) is 1.28. The predicted molar refractivity (Wildman–Crippen MR) is 80.9 cm³/mol. The first-order valence-corrected chi connectivity index (χ1v) is 9.19. The van der Waals surface area contributed by atoms with Crippen LogP contribution in [0.25, 0.3) is 0 Å². The molecule has 0 amide bonds. The zero-order valence-electron chi connectivity index (χ0n) is 11.8. The van der Waals surface area contributed by atoms with Crippen molar-refractivity contribution < 1.29 is 12.8 Å². The molecule has 20 heavy (non-hydrogen) atoms. The minimum atomic E-state index is -3.54. The maximum absolute atomic E-state index is 12.4. The van der Waals surface area contributed by atoms with Crippen molar-refractivity contribution in [3.8, 4) is 0 Å². The predicted octanol–water partition coefficient (Wildman–Crippen LogP) is 2.62. The number of hydrogen-bond acceptors (Lipinski definition) is 4. The molecule has 7 heteroatoms. The number of hydrogen-bond donors (Lipinski definition) is 2. The molecule has 1 heterocycles. The average molecular weight is 365 g/mol. The Morgan fingerprint density at radius 2 is 2.20 bits per heavy atom. The van der Waals surface area contributed by atoms with Gasteiger partial charge in [-0.1, -0.05) is 19.8 Å². The molecule has 5 nitrogen and oxygen atoms in total. The fraction of sp³-hybridized carbons (Fsp3) is 0.692. The van der Waals surface area contributed by atoms with Gasteiger partial charge in [0.05, 0.1) is 6.54 Å². The third kappa shape index (κ3) is 4.07. The summed E-state index contributed by atoms with van der Waals surface area (Å²) < 4.78 is 33.3. The van der Waals surface area contributed by atoms with Crippen LogP contribution in [-0.4, -0.2) is 21.5 Å². The second-order valence-electron chi connectivity index (χ2n) is 5.29. The molecule has 1 aromatic heterocycles. The smallest absolute Gasteiger partial charge is 0.245 e. The normalized spacial score (nSPS) is 17.4. The number of sulfonamides is 1. The third-order valence-electron chi connectivity index (χ3n) is 3.48. The van der Waals surface area contributed by atoms with Gasteiger partial charge in [-0.2, -0.15) is 0 Å². The van der Waals surface area contributed by atoms with Crippen LogP contribution >= 0.6 is 15.9 Å².